The largest absolute Gasteiger partial charge is 0.370 e. The second-order valence-electron chi connectivity index (χ2n) is 3.81. The van der Waals surface area contributed by atoms with Crippen molar-refractivity contribution in [3.8, 4) is 0 Å². The van der Waals surface area contributed by atoms with Crippen molar-refractivity contribution in [3.05, 3.63) is 18.0 Å². The molecule has 1 aliphatic heterocycles. The first-order chi connectivity index (χ1) is 7.58. The van der Waals surface area contributed by atoms with Gasteiger partial charge in [0.2, 0.25) is 5.96 Å². The van der Waals surface area contributed by atoms with Crippen molar-refractivity contribution in [3.63, 3.8) is 0 Å². The average molecular weight is 220 g/mol. The first-order valence-corrected chi connectivity index (χ1v) is 5.13. The number of hydrogen-bond donors (Lipinski definition) is 3. The number of anilines is 1. The van der Waals surface area contributed by atoms with Crippen LogP contribution in [-0.4, -0.2) is 30.1 Å². The van der Waals surface area contributed by atoms with E-state index >= 15 is 0 Å². The number of rotatable bonds is 1. The molecule has 2 heterocycles. The molecule has 1 aromatic heterocycles. The minimum atomic E-state index is -0.141. The van der Waals surface area contributed by atoms with Gasteiger partial charge in [0.15, 0.2) is 5.96 Å². The van der Waals surface area contributed by atoms with Gasteiger partial charge in [0.1, 0.15) is 6.17 Å². The predicted molar refractivity (Wildman–Crippen MR) is 65.6 cm³/mol. The van der Waals surface area contributed by atoms with Crippen LogP contribution in [0.2, 0.25) is 0 Å². The number of nitrogens with two attached hydrogens (primary N) is 1. The van der Waals surface area contributed by atoms with Gasteiger partial charge in [-0.15, -0.1) is 0 Å². The van der Waals surface area contributed by atoms with Crippen molar-refractivity contribution in [1.82, 2.24) is 10.3 Å². The third kappa shape index (κ3) is 1.86. The van der Waals surface area contributed by atoms with Crippen LogP contribution in [0.25, 0.3) is 0 Å². The molecule has 0 amide bonds. The third-order valence-electron chi connectivity index (χ3n) is 2.48. The molecule has 0 aliphatic carbocycles. The summed E-state index contributed by atoms with van der Waals surface area (Å²) >= 11 is 0. The molecule has 6 heteroatoms. The van der Waals surface area contributed by atoms with Crippen molar-refractivity contribution in [2.75, 3.05) is 11.9 Å². The van der Waals surface area contributed by atoms with Crippen LogP contribution in [0.15, 0.2) is 22.4 Å². The minimum absolute atomic E-state index is 0.141. The van der Waals surface area contributed by atoms with Gasteiger partial charge >= 0.3 is 0 Å². The maximum Gasteiger partial charge on any atom is 0.207 e. The molecule has 1 aliphatic rings. The number of H-pyrrole nitrogens is 1. The molecule has 16 heavy (non-hydrogen) atoms. The summed E-state index contributed by atoms with van der Waals surface area (Å²) in [7, 11) is 1.94. The van der Waals surface area contributed by atoms with E-state index < -0.39 is 0 Å². The fourth-order valence-electron chi connectivity index (χ4n) is 1.67. The Hall–Kier alpha value is -1.98. The Morgan fingerprint density at radius 1 is 1.38 bits per heavy atom. The summed E-state index contributed by atoms with van der Waals surface area (Å²) in [6.07, 6.45) is 3.72. The Morgan fingerprint density at radius 2 is 2.12 bits per heavy atom. The van der Waals surface area contributed by atoms with Gasteiger partial charge in [-0.1, -0.05) is 0 Å². The van der Waals surface area contributed by atoms with Crippen LogP contribution in [-0.2, 0) is 0 Å². The van der Waals surface area contributed by atoms with E-state index in [-0.39, 0.29) is 6.17 Å². The van der Waals surface area contributed by atoms with Gasteiger partial charge in [0, 0.05) is 19.4 Å². The highest BCUT2D eigenvalue weighted by atomic mass is 15.4. The molecule has 1 unspecified atom stereocenters. The number of guanidine groups is 2. The summed E-state index contributed by atoms with van der Waals surface area (Å²) in [5.74, 6) is 1.11. The van der Waals surface area contributed by atoms with Crippen LogP contribution in [0, 0.1) is 6.92 Å². The van der Waals surface area contributed by atoms with Gasteiger partial charge in [0.25, 0.3) is 0 Å². The topological polar surface area (TPSA) is 81.8 Å². The SMILES string of the molecule is Cc1c[nH]cc1N(C)C1=NC(C)N=C(N)N1. The van der Waals surface area contributed by atoms with E-state index in [1.807, 2.05) is 38.2 Å². The van der Waals surface area contributed by atoms with Crippen molar-refractivity contribution < 1.29 is 0 Å². The first-order valence-electron chi connectivity index (χ1n) is 5.13. The first kappa shape index (κ1) is 10.5. The van der Waals surface area contributed by atoms with Crippen molar-refractivity contribution in [1.29, 1.82) is 0 Å². The molecule has 0 spiro atoms. The van der Waals surface area contributed by atoms with Crippen LogP contribution in [0.1, 0.15) is 12.5 Å². The maximum absolute atomic E-state index is 5.67. The quantitative estimate of drug-likeness (QED) is 0.640. The molecule has 1 atom stereocenters. The summed E-state index contributed by atoms with van der Waals surface area (Å²) in [4.78, 5) is 13.5. The monoisotopic (exact) mass is 220 g/mol. The van der Waals surface area contributed by atoms with Gasteiger partial charge in [0.05, 0.1) is 5.69 Å². The molecule has 86 valence electrons. The molecule has 0 aromatic carbocycles. The molecule has 0 saturated carbocycles. The zero-order valence-corrected chi connectivity index (χ0v) is 9.65. The van der Waals surface area contributed by atoms with E-state index in [0.29, 0.717) is 11.9 Å². The van der Waals surface area contributed by atoms with Gasteiger partial charge in [-0.05, 0) is 19.4 Å². The highest BCUT2D eigenvalue weighted by Crippen LogP contribution is 2.18. The smallest absolute Gasteiger partial charge is 0.207 e. The van der Waals surface area contributed by atoms with E-state index in [1.165, 1.54) is 0 Å². The zero-order chi connectivity index (χ0) is 11.7. The Labute approximate surface area is 94.3 Å². The van der Waals surface area contributed by atoms with Crippen molar-refractivity contribution in [2.45, 2.75) is 20.0 Å². The van der Waals surface area contributed by atoms with Gasteiger partial charge < -0.3 is 15.6 Å². The minimum Gasteiger partial charge on any atom is -0.370 e. The number of aromatic amines is 1. The number of aromatic nitrogens is 1. The Kier molecular flexibility index (Phi) is 2.55. The van der Waals surface area contributed by atoms with Crippen molar-refractivity contribution in [2.24, 2.45) is 15.7 Å². The van der Waals surface area contributed by atoms with Crippen LogP contribution in [0.4, 0.5) is 5.69 Å². The second-order valence-corrected chi connectivity index (χ2v) is 3.81. The molecule has 1 aromatic rings. The van der Waals surface area contributed by atoms with E-state index in [9.17, 15) is 0 Å². The van der Waals surface area contributed by atoms with E-state index in [4.69, 9.17) is 5.73 Å². The molecule has 4 N–H and O–H groups in total. The molecule has 0 bridgehead atoms. The lowest BCUT2D eigenvalue weighted by atomic mass is 10.3. The Morgan fingerprint density at radius 3 is 2.69 bits per heavy atom. The molecule has 2 rings (SSSR count). The predicted octanol–water partition coefficient (Wildman–Crippen LogP) is 0.379. The molecule has 0 radical (unpaired) electrons. The normalized spacial score (nSPS) is 19.8. The lowest BCUT2D eigenvalue weighted by molar-refractivity contribution is 0.760. The van der Waals surface area contributed by atoms with Gasteiger partial charge in [-0.3, -0.25) is 5.32 Å². The van der Waals surface area contributed by atoms with Crippen LogP contribution < -0.4 is 16.0 Å². The van der Waals surface area contributed by atoms with Crippen LogP contribution >= 0.6 is 0 Å². The summed E-state index contributed by atoms with van der Waals surface area (Å²) in [6, 6.07) is 0. The third-order valence-corrected chi connectivity index (χ3v) is 2.48. The molecule has 6 nitrogen and oxygen atoms in total. The Balaban J connectivity index is 2.24. The van der Waals surface area contributed by atoms with Crippen molar-refractivity contribution >= 4 is 17.6 Å². The number of nitrogens with zero attached hydrogens (tertiary/aromatic N) is 3. The van der Waals surface area contributed by atoms with E-state index in [0.717, 1.165) is 11.3 Å². The number of hydrogen-bond acceptors (Lipinski definition) is 5. The maximum atomic E-state index is 5.67. The van der Waals surface area contributed by atoms with E-state index in [2.05, 4.69) is 20.3 Å². The van der Waals surface area contributed by atoms with Crippen LogP contribution in [0.5, 0.6) is 0 Å². The summed E-state index contributed by atoms with van der Waals surface area (Å²) in [6.45, 7) is 3.93. The second kappa shape index (κ2) is 3.88. The van der Waals surface area contributed by atoms with Crippen LogP contribution in [0.3, 0.4) is 0 Å². The molecule has 0 saturated heterocycles. The summed E-state index contributed by atoms with van der Waals surface area (Å²) < 4.78 is 0. The lowest BCUT2D eigenvalue weighted by Crippen LogP contribution is -2.48. The standard InChI is InChI=1S/C10H16N6/c1-6-4-12-5-8(6)16(3)10-14-7(2)13-9(11)15-10/h4-5,7,12H,1-3H3,(H3,11,13,14,15). The molecular formula is C10H16N6. The Bertz CT molecular complexity index is 444. The zero-order valence-electron chi connectivity index (χ0n) is 9.65. The number of aryl methyl sites for hydroxylation is 1. The fraction of sp³-hybridized carbons (Fsp3) is 0.400. The average Bonchev–Trinajstić information content (AvgIpc) is 2.62. The molecular weight excluding hydrogens is 204 g/mol. The highest BCUT2D eigenvalue weighted by Gasteiger charge is 2.17. The summed E-state index contributed by atoms with van der Waals surface area (Å²) in [5, 5.41) is 2.95. The van der Waals surface area contributed by atoms with E-state index in [1.54, 1.807) is 0 Å². The highest BCUT2D eigenvalue weighted by molar-refractivity contribution is 6.07. The lowest BCUT2D eigenvalue weighted by Gasteiger charge is -2.25. The molecule has 0 fully saturated rings. The number of aliphatic imine (C=N–C) groups is 2. The number of nitrogens with one attached hydrogen (secondary N) is 2. The summed E-state index contributed by atoms with van der Waals surface area (Å²) in [5.41, 5.74) is 7.88. The van der Waals surface area contributed by atoms with Gasteiger partial charge in [-0.2, -0.15) is 0 Å². The fourth-order valence-corrected chi connectivity index (χ4v) is 1.67. The van der Waals surface area contributed by atoms with Gasteiger partial charge in [-0.25, -0.2) is 9.98 Å².